The summed E-state index contributed by atoms with van der Waals surface area (Å²) in [6.45, 7) is 5.91. The van der Waals surface area contributed by atoms with Gasteiger partial charge in [-0.05, 0) is 37.4 Å². The first-order valence-electron chi connectivity index (χ1n) is 6.30. The number of unbranched alkanes of at least 4 members (excludes halogenated alkanes) is 1. The molecule has 18 heavy (non-hydrogen) atoms. The van der Waals surface area contributed by atoms with E-state index in [4.69, 9.17) is 4.74 Å². The Hall–Kier alpha value is -0.520. The van der Waals surface area contributed by atoms with Crippen LogP contribution in [0.5, 0.6) is 5.75 Å². The van der Waals surface area contributed by atoms with Crippen molar-refractivity contribution in [1.82, 2.24) is 5.14 Å². The van der Waals surface area contributed by atoms with Gasteiger partial charge in [0.15, 0.2) is 0 Å². The lowest BCUT2D eigenvalue weighted by atomic mass is 10.2. The van der Waals surface area contributed by atoms with Crippen LogP contribution in [0, 0.1) is 0 Å². The summed E-state index contributed by atoms with van der Waals surface area (Å²) < 4.78 is 5.79. The van der Waals surface area contributed by atoms with Gasteiger partial charge >= 0.3 is 0 Å². The second-order valence-corrected chi connectivity index (χ2v) is 6.23. The maximum absolute atomic E-state index is 9.31. The van der Waals surface area contributed by atoms with Crippen LogP contribution >= 0.6 is 23.7 Å². The Morgan fingerprint density at radius 1 is 1.44 bits per heavy atom. The van der Waals surface area contributed by atoms with Crippen molar-refractivity contribution >= 4 is 29.4 Å². The van der Waals surface area contributed by atoms with Crippen molar-refractivity contribution in [1.29, 1.82) is 0 Å². The maximum Gasteiger partial charge on any atom is 0.144 e. The van der Waals surface area contributed by atoms with E-state index < -0.39 is 0 Å². The molecule has 0 saturated carbocycles. The number of hydrogen-bond acceptors (Lipinski definition) is 4. The maximum atomic E-state index is 9.31. The van der Waals surface area contributed by atoms with Gasteiger partial charge in [-0.1, -0.05) is 30.2 Å². The SMILES string of the molecule is CCCCOc1ccc2c(c1)N(CC)C(S[N])S2. The monoisotopic (exact) mass is 282 g/mol. The van der Waals surface area contributed by atoms with Crippen LogP contribution in [0.15, 0.2) is 23.1 Å². The molecule has 3 nitrogen and oxygen atoms in total. The number of rotatable bonds is 6. The third-order valence-corrected chi connectivity index (χ3v) is 4.96. The van der Waals surface area contributed by atoms with Gasteiger partial charge in [-0.15, -0.1) is 0 Å². The van der Waals surface area contributed by atoms with E-state index in [-0.39, 0.29) is 4.71 Å². The van der Waals surface area contributed by atoms with E-state index in [9.17, 15) is 5.14 Å². The van der Waals surface area contributed by atoms with Gasteiger partial charge in [0.2, 0.25) is 0 Å². The van der Waals surface area contributed by atoms with Crippen molar-refractivity contribution in [2.45, 2.75) is 36.3 Å². The molecule has 1 aliphatic heterocycles. The van der Waals surface area contributed by atoms with Crippen LogP contribution in [0.25, 0.3) is 0 Å². The largest absolute Gasteiger partial charge is 0.494 e. The van der Waals surface area contributed by atoms with E-state index in [0.29, 0.717) is 0 Å². The van der Waals surface area contributed by atoms with Crippen LogP contribution in [0.1, 0.15) is 26.7 Å². The number of anilines is 1. The topological polar surface area (TPSA) is 34.8 Å². The summed E-state index contributed by atoms with van der Waals surface area (Å²) in [5.41, 5.74) is 1.17. The van der Waals surface area contributed by atoms with Crippen LogP contribution in [0.2, 0.25) is 0 Å². The normalized spacial score (nSPS) is 17.9. The average molecular weight is 282 g/mol. The van der Waals surface area contributed by atoms with Crippen molar-refractivity contribution in [3.05, 3.63) is 18.2 Å². The Morgan fingerprint density at radius 3 is 2.94 bits per heavy atom. The van der Waals surface area contributed by atoms with Crippen molar-refractivity contribution in [3.8, 4) is 5.75 Å². The summed E-state index contributed by atoms with van der Waals surface area (Å²) in [6, 6.07) is 6.18. The zero-order valence-electron chi connectivity index (χ0n) is 10.8. The van der Waals surface area contributed by atoms with Crippen LogP contribution in [0.3, 0.4) is 0 Å². The van der Waals surface area contributed by atoms with E-state index in [1.165, 1.54) is 10.6 Å². The second-order valence-electron chi connectivity index (χ2n) is 4.15. The third-order valence-electron chi connectivity index (χ3n) is 2.92. The quantitative estimate of drug-likeness (QED) is 0.587. The van der Waals surface area contributed by atoms with E-state index in [1.54, 1.807) is 11.8 Å². The zero-order valence-corrected chi connectivity index (χ0v) is 12.4. The lowest BCUT2D eigenvalue weighted by Crippen LogP contribution is -2.26. The summed E-state index contributed by atoms with van der Waals surface area (Å²) in [6.07, 6.45) is 2.23. The summed E-state index contributed by atoms with van der Waals surface area (Å²) in [5, 5.41) is 9.31. The minimum Gasteiger partial charge on any atom is -0.494 e. The minimum absolute atomic E-state index is 0.0656. The molecule has 2 radical (unpaired) electrons. The smallest absolute Gasteiger partial charge is 0.144 e. The standard InChI is InChI=1S/C13H18N2OS2/c1-3-5-8-16-10-6-7-12-11(9-10)15(4-2)13(17-12)18-14/h6-7,9,13H,3-5,8H2,1-2H3. The number of benzene rings is 1. The molecule has 5 heteroatoms. The highest BCUT2D eigenvalue weighted by molar-refractivity contribution is 8.16. The third kappa shape index (κ3) is 2.90. The van der Waals surface area contributed by atoms with E-state index in [1.807, 2.05) is 6.07 Å². The molecule has 1 unspecified atom stereocenters. The highest BCUT2D eigenvalue weighted by atomic mass is 32.2. The molecule has 0 bridgehead atoms. The highest BCUT2D eigenvalue weighted by Crippen LogP contribution is 2.47. The molecule has 1 heterocycles. The number of hydrogen-bond donors (Lipinski definition) is 0. The molecule has 0 N–H and O–H groups in total. The number of thioether (sulfide) groups is 1. The first-order valence-corrected chi connectivity index (χ1v) is 8.02. The molecule has 0 fully saturated rings. The second kappa shape index (κ2) is 6.59. The molecular formula is C13H18N2OS2. The first-order chi connectivity index (χ1) is 8.80. The van der Waals surface area contributed by atoms with Crippen LogP contribution in [-0.4, -0.2) is 17.9 Å². The number of ether oxygens (including phenoxy) is 1. The predicted octanol–water partition coefficient (Wildman–Crippen LogP) is 3.80. The number of nitrogens with zero attached hydrogens (tertiary/aromatic N) is 2. The van der Waals surface area contributed by atoms with Gasteiger partial charge in [-0.2, -0.15) is 0 Å². The van der Waals surface area contributed by atoms with Gasteiger partial charge in [-0.25, -0.2) is 0 Å². The molecule has 0 saturated heterocycles. The summed E-state index contributed by atoms with van der Waals surface area (Å²) in [4.78, 5) is 3.41. The Balaban J connectivity index is 2.12. The van der Waals surface area contributed by atoms with Crippen molar-refractivity contribution in [3.63, 3.8) is 0 Å². The van der Waals surface area contributed by atoms with E-state index >= 15 is 0 Å². The van der Waals surface area contributed by atoms with Crippen LogP contribution in [-0.2, 0) is 0 Å². The zero-order chi connectivity index (χ0) is 13.0. The van der Waals surface area contributed by atoms with E-state index in [2.05, 4.69) is 30.9 Å². The molecule has 98 valence electrons. The van der Waals surface area contributed by atoms with Gasteiger partial charge in [0.05, 0.1) is 12.3 Å². The Kier molecular flexibility index (Phi) is 5.09. The lowest BCUT2D eigenvalue weighted by Gasteiger charge is -2.22. The molecule has 1 aromatic carbocycles. The number of fused-ring (bicyclic) bond motifs is 1. The molecule has 0 aliphatic carbocycles. The Labute approximate surface area is 118 Å². The summed E-state index contributed by atoms with van der Waals surface area (Å²) in [5.74, 6) is 0.921. The Morgan fingerprint density at radius 2 is 2.28 bits per heavy atom. The van der Waals surface area contributed by atoms with Gasteiger partial charge in [0, 0.05) is 17.5 Å². The molecule has 0 amide bonds. The summed E-state index contributed by atoms with van der Waals surface area (Å²) in [7, 11) is 0. The van der Waals surface area contributed by atoms with Crippen molar-refractivity contribution in [2.75, 3.05) is 18.1 Å². The highest BCUT2D eigenvalue weighted by Gasteiger charge is 2.29. The van der Waals surface area contributed by atoms with Crippen LogP contribution in [0.4, 0.5) is 5.69 Å². The van der Waals surface area contributed by atoms with Gasteiger partial charge < -0.3 is 9.64 Å². The molecule has 1 aliphatic rings. The molecule has 1 atom stereocenters. The Bertz CT molecular complexity index is 401. The lowest BCUT2D eigenvalue weighted by molar-refractivity contribution is 0.309. The fourth-order valence-electron chi connectivity index (χ4n) is 1.93. The van der Waals surface area contributed by atoms with Gasteiger partial charge in [0.25, 0.3) is 0 Å². The minimum atomic E-state index is 0.0656. The fourth-order valence-corrected chi connectivity index (χ4v) is 3.84. The molecule has 0 spiro atoms. The molecular weight excluding hydrogens is 264 g/mol. The van der Waals surface area contributed by atoms with Crippen LogP contribution < -0.4 is 14.8 Å². The van der Waals surface area contributed by atoms with Gasteiger partial charge in [-0.3, -0.25) is 0 Å². The molecule has 2 rings (SSSR count). The predicted molar refractivity (Wildman–Crippen MR) is 79.2 cm³/mol. The van der Waals surface area contributed by atoms with E-state index in [0.717, 1.165) is 43.7 Å². The van der Waals surface area contributed by atoms with Crippen molar-refractivity contribution in [2.24, 2.45) is 0 Å². The summed E-state index contributed by atoms with van der Waals surface area (Å²) >= 11 is 2.59. The first kappa shape index (κ1) is 13.9. The average Bonchev–Trinajstić information content (AvgIpc) is 2.76. The fraction of sp³-hybridized carbons (Fsp3) is 0.538. The van der Waals surface area contributed by atoms with Gasteiger partial charge in [0.1, 0.15) is 10.5 Å². The molecule has 1 aromatic rings. The van der Waals surface area contributed by atoms with Crippen molar-refractivity contribution < 1.29 is 4.74 Å². The molecule has 0 aromatic heterocycles.